The standard InChI is InChI=1S/C27H33Cl2N5O.2ClH/c1-3-9-24-31-26(20(2)34(24)21-10-5-4-6-11-21)27(35)30-14-8-15-32-16-18-33(19-17-32)23-13-7-12-22(28)25(23)29;;/h4-7,10-13H,3,8-9,14-19H2,1-2H3,(H,30,35);2*1H. The first kappa shape index (κ1) is 31.3. The number of anilines is 1. The Kier molecular flexibility index (Phi) is 12.5. The van der Waals surface area contributed by atoms with Crippen molar-refractivity contribution in [3.8, 4) is 5.69 Å². The number of nitrogens with one attached hydrogen (secondary N) is 1. The van der Waals surface area contributed by atoms with Crippen LogP contribution in [0.3, 0.4) is 0 Å². The van der Waals surface area contributed by atoms with Gasteiger partial charge in [0.25, 0.3) is 5.91 Å². The molecule has 0 bridgehead atoms. The molecule has 0 spiro atoms. The summed E-state index contributed by atoms with van der Waals surface area (Å²) in [6, 6.07) is 15.9. The van der Waals surface area contributed by atoms with Gasteiger partial charge in [-0.05, 0) is 50.6 Å². The Morgan fingerprint density at radius 2 is 1.70 bits per heavy atom. The normalized spacial score (nSPS) is 13.6. The lowest BCUT2D eigenvalue weighted by atomic mass is 10.2. The van der Waals surface area contributed by atoms with E-state index in [2.05, 4.69) is 38.7 Å². The topological polar surface area (TPSA) is 53.4 Å². The Morgan fingerprint density at radius 1 is 1.00 bits per heavy atom. The number of hydrogen-bond donors (Lipinski definition) is 1. The minimum Gasteiger partial charge on any atom is -0.368 e. The lowest BCUT2D eigenvalue weighted by molar-refractivity contribution is 0.0946. The summed E-state index contributed by atoms with van der Waals surface area (Å²) in [6.45, 7) is 9.39. The first-order chi connectivity index (χ1) is 17.0. The minimum atomic E-state index is -0.102. The van der Waals surface area contributed by atoms with Crippen molar-refractivity contribution in [2.24, 2.45) is 0 Å². The summed E-state index contributed by atoms with van der Waals surface area (Å²) >= 11 is 12.6. The number of carbonyl (C=O) groups is 1. The average Bonchev–Trinajstić information content (AvgIpc) is 3.20. The van der Waals surface area contributed by atoms with Gasteiger partial charge in [0.15, 0.2) is 0 Å². The van der Waals surface area contributed by atoms with Gasteiger partial charge in [-0.1, -0.05) is 54.4 Å². The fraction of sp³-hybridized carbons (Fsp3) is 0.407. The number of amides is 1. The molecule has 1 saturated heterocycles. The van der Waals surface area contributed by atoms with Crippen LogP contribution in [0.2, 0.25) is 10.0 Å². The molecule has 1 aliphatic heterocycles. The molecule has 3 aromatic rings. The molecule has 0 radical (unpaired) electrons. The smallest absolute Gasteiger partial charge is 0.271 e. The maximum absolute atomic E-state index is 12.9. The number of piperazine rings is 1. The number of hydrogen-bond acceptors (Lipinski definition) is 4. The zero-order valence-electron chi connectivity index (χ0n) is 21.3. The Bertz CT molecular complexity index is 1150. The van der Waals surface area contributed by atoms with Crippen molar-refractivity contribution < 1.29 is 4.79 Å². The van der Waals surface area contributed by atoms with Crippen molar-refractivity contribution >= 4 is 59.6 Å². The van der Waals surface area contributed by atoms with Crippen LogP contribution >= 0.6 is 48.0 Å². The summed E-state index contributed by atoms with van der Waals surface area (Å²) in [6.07, 6.45) is 2.69. The van der Waals surface area contributed by atoms with E-state index in [-0.39, 0.29) is 30.7 Å². The van der Waals surface area contributed by atoms with E-state index in [9.17, 15) is 4.79 Å². The highest BCUT2D eigenvalue weighted by Crippen LogP contribution is 2.32. The number of imidazole rings is 1. The summed E-state index contributed by atoms with van der Waals surface area (Å²) in [5, 5.41) is 4.29. The van der Waals surface area contributed by atoms with Crippen LogP contribution in [-0.2, 0) is 6.42 Å². The molecular formula is C27H35Cl4N5O. The van der Waals surface area contributed by atoms with Gasteiger partial charge in [-0.2, -0.15) is 0 Å². The maximum Gasteiger partial charge on any atom is 0.271 e. The minimum absolute atomic E-state index is 0. The van der Waals surface area contributed by atoms with Crippen molar-refractivity contribution in [3.63, 3.8) is 0 Å². The highest BCUT2D eigenvalue weighted by Gasteiger charge is 2.21. The third kappa shape index (κ3) is 7.55. The van der Waals surface area contributed by atoms with Crippen LogP contribution < -0.4 is 10.2 Å². The number of carbonyl (C=O) groups excluding carboxylic acids is 1. The molecule has 0 saturated carbocycles. The summed E-state index contributed by atoms with van der Waals surface area (Å²) in [7, 11) is 0. The molecule has 10 heteroatoms. The molecule has 0 aliphatic carbocycles. The van der Waals surface area contributed by atoms with Crippen LogP contribution in [0.1, 0.15) is 41.8 Å². The number of halogens is 4. The molecule has 37 heavy (non-hydrogen) atoms. The second kappa shape index (κ2) is 14.8. The van der Waals surface area contributed by atoms with E-state index in [0.29, 0.717) is 22.3 Å². The van der Waals surface area contributed by atoms with Gasteiger partial charge in [-0.3, -0.25) is 9.69 Å². The lowest BCUT2D eigenvalue weighted by Crippen LogP contribution is -2.47. The average molecular weight is 587 g/mol. The van der Waals surface area contributed by atoms with Crippen LogP contribution in [0.15, 0.2) is 48.5 Å². The van der Waals surface area contributed by atoms with E-state index < -0.39 is 0 Å². The molecule has 0 unspecified atom stereocenters. The highest BCUT2D eigenvalue weighted by atomic mass is 35.5. The predicted octanol–water partition coefficient (Wildman–Crippen LogP) is 6.23. The van der Waals surface area contributed by atoms with E-state index in [0.717, 1.165) is 74.9 Å². The van der Waals surface area contributed by atoms with Gasteiger partial charge in [0.2, 0.25) is 0 Å². The van der Waals surface area contributed by atoms with Crippen molar-refractivity contribution in [1.29, 1.82) is 0 Å². The molecule has 1 fully saturated rings. The third-order valence-electron chi connectivity index (χ3n) is 6.46. The molecule has 1 amide bonds. The van der Waals surface area contributed by atoms with Gasteiger partial charge in [-0.15, -0.1) is 24.8 Å². The quantitative estimate of drug-likeness (QED) is 0.302. The van der Waals surface area contributed by atoms with Crippen molar-refractivity contribution in [2.75, 3.05) is 44.2 Å². The van der Waals surface area contributed by atoms with Gasteiger partial charge in [0, 0.05) is 44.8 Å². The summed E-state index contributed by atoms with van der Waals surface area (Å²) in [5.41, 5.74) is 3.44. The van der Waals surface area contributed by atoms with Crippen LogP contribution in [0.25, 0.3) is 5.69 Å². The molecule has 1 N–H and O–H groups in total. The predicted molar refractivity (Wildman–Crippen MR) is 159 cm³/mol. The van der Waals surface area contributed by atoms with E-state index in [1.54, 1.807) is 0 Å². The maximum atomic E-state index is 12.9. The van der Waals surface area contributed by atoms with Crippen LogP contribution in [0.5, 0.6) is 0 Å². The van der Waals surface area contributed by atoms with E-state index in [4.69, 9.17) is 28.2 Å². The van der Waals surface area contributed by atoms with Crippen LogP contribution in [-0.4, -0.2) is 59.6 Å². The van der Waals surface area contributed by atoms with E-state index in [1.807, 2.05) is 43.3 Å². The first-order valence-corrected chi connectivity index (χ1v) is 13.1. The van der Waals surface area contributed by atoms with Gasteiger partial charge >= 0.3 is 0 Å². The molecule has 1 aromatic heterocycles. The molecular weight excluding hydrogens is 552 g/mol. The Balaban J connectivity index is 0.00000241. The van der Waals surface area contributed by atoms with Crippen molar-refractivity contribution in [3.05, 3.63) is 75.8 Å². The number of benzene rings is 2. The summed E-state index contributed by atoms with van der Waals surface area (Å²) in [5.74, 6) is 0.828. The van der Waals surface area contributed by atoms with Gasteiger partial charge in [-0.25, -0.2) is 4.98 Å². The number of aryl methyl sites for hydroxylation is 1. The van der Waals surface area contributed by atoms with Gasteiger partial charge < -0.3 is 14.8 Å². The molecule has 0 atom stereocenters. The highest BCUT2D eigenvalue weighted by molar-refractivity contribution is 6.43. The molecule has 2 aromatic carbocycles. The Hall–Kier alpha value is -1.96. The van der Waals surface area contributed by atoms with Crippen LogP contribution in [0.4, 0.5) is 5.69 Å². The van der Waals surface area contributed by atoms with Crippen LogP contribution in [0, 0.1) is 6.92 Å². The summed E-state index contributed by atoms with van der Waals surface area (Å²) < 4.78 is 2.10. The lowest BCUT2D eigenvalue weighted by Gasteiger charge is -2.36. The molecule has 4 rings (SSSR count). The third-order valence-corrected chi connectivity index (χ3v) is 7.27. The molecule has 202 valence electrons. The number of nitrogens with zero attached hydrogens (tertiary/aromatic N) is 4. The van der Waals surface area contributed by atoms with E-state index in [1.165, 1.54) is 0 Å². The first-order valence-electron chi connectivity index (χ1n) is 12.3. The Labute approximate surface area is 242 Å². The Morgan fingerprint density at radius 3 is 2.38 bits per heavy atom. The molecule has 2 heterocycles. The SMILES string of the molecule is CCCc1nc(C(=O)NCCCN2CCN(c3cccc(Cl)c3Cl)CC2)c(C)n1-c1ccccc1.Cl.Cl. The number of para-hydroxylation sites is 1. The number of aromatic nitrogens is 2. The number of rotatable bonds is 9. The second-order valence-electron chi connectivity index (χ2n) is 8.89. The van der Waals surface area contributed by atoms with Gasteiger partial charge in [0.05, 0.1) is 21.4 Å². The molecule has 6 nitrogen and oxygen atoms in total. The molecule has 1 aliphatic rings. The van der Waals surface area contributed by atoms with Gasteiger partial charge in [0.1, 0.15) is 11.5 Å². The fourth-order valence-electron chi connectivity index (χ4n) is 4.62. The van der Waals surface area contributed by atoms with E-state index >= 15 is 0 Å². The zero-order valence-corrected chi connectivity index (χ0v) is 24.4. The summed E-state index contributed by atoms with van der Waals surface area (Å²) in [4.78, 5) is 22.4. The second-order valence-corrected chi connectivity index (χ2v) is 9.68. The monoisotopic (exact) mass is 585 g/mol. The zero-order chi connectivity index (χ0) is 24.8. The van der Waals surface area contributed by atoms with Crippen molar-refractivity contribution in [1.82, 2.24) is 19.8 Å². The fourth-order valence-corrected chi connectivity index (χ4v) is 5.04. The largest absolute Gasteiger partial charge is 0.368 e. The van der Waals surface area contributed by atoms with Crippen molar-refractivity contribution in [2.45, 2.75) is 33.1 Å².